The van der Waals surface area contributed by atoms with Crippen LogP contribution in [0.4, 0.5) is 4.79 Å². The number of rotatable bonds is 10. The third kappa shape index (κ3) is 8.57. The Morgan fingerprint density at radius 2 is 1.82 bits per heavy atom. The molecule has 0 aromatic heterocycles. The second-order valence-corrected chi connectivity index (χ2v) is 9.31. The fraction of sp³-hybridized carbons (Fsp3) is 0.625. The van der Waals surface area contributed by atoms with Crippen molar-refractivity contribution in [2.75, 3.05) is 13.2 Å². The molecular formula is C24H39N3O6. The number of aromatic hydroxyl groups is 1. The number of aliphatic hydroxyl groups excluding tert-OH is 1. The lowest BCUT2D eigenvalue weighted by Crippen LogP contribution is -2.56. The quantitative estimate of drug-likeness (QED) is 0.394. The van der Waals surface area contributed by atoms with Gasteiger partial charge in [0.05, 0.1) is 6.61 Å². The number of alkyl carbamates (subject to hydrolysis) is 1. The van der Waals surface area contributed by atoms with E-state index in [1.165, 1.54) is 11.0 Å². The van der Waals surface area contributed by atoms with Gasteiger partial charge in [-0.25, -0.2) is 4.79 Å². The number of unbranched alkanes of at least 4 members (excludes halogenated alkanes) is 1. The van der Waals surface area contributed by atoms with Gasteiger partial charge in [0.2, 0.25) is 11.8 Å². The highest BCUT2D eigenvalue weighted by molar-refractivity contribution is 5.92. The molecular weight excluding hydrogens is 426 g/mol. The zero-order valence-electron chi connectivity index (χ0n) is 20.8. The lowest BCUT2D eigenvalue weighted by molar-refractivity contribution is -0.145. The van der Waals surface area contributed by atoms with Crippen LogP contribution < -0.4 is 10.6 Å². The number of amides is 3. The Labute approximate surface area is 196 Å². The molecule has 0 fully saturated rings. The molecule has 9 nitrogen and oxygen atoms in total. The van der Waals surface area contributed by atoms with E-state index < -0.39 is 42.3 Å². The standard InChI is InChI=1S/C24H39N3O6/c1-8-9-12-25-21(30)20(17-10-11-19(29)16(4)13-17)27(15(2)3)22(31)18(14-28)26-23(32)33-24(5,6)7/h10-11,13,15,18,20,28-29H,8-9,12,14H2,1-7H3,(H,25,30)(H,26,32). The maximum Gasteiger partial charge on any atom is 0.408 e. The van der Waals surface area contributed by atoms with E-state index >= 15 is 0 Å². The molecule has 0 bridgehead atoms. The third-order valence-electron chi connectivity index (χ3n) is 4.88. The van der Waals surface area contributed by atoms with Crippen LogP contribution in [0.5, 0.6) is 5.75 Å². The first kappa shape index (κ1) is 28.2. The van der Waals surface area contributed by atoms with Gasteiger partial charge in [-0.1, -0.05) is 19.4 Å². The number of phenolic OH excluding ortho intramolecular Hbond substituents is 1. The van der Waals surface area contributed by atoms with E-state index in [1.807, 2.05) is 6.92 Å². The molecule has 0 heterocycles. The van der Waals surface area contributed by atoms with Crippen LogP contribution in [0.1, 0.15) is 71.6 Å². The fourth-order valence-corrected chi connectivity index (χ4v) is 3.27. The topological polar surface area (TPSA) is 128 Å². The lowest BCUT2D eigenvalue weighted by atomic mass is 9.99. The molecule has 33 heavy (non-hydrogen) atoms. The Balaban J connectivity index is 3.35. The highest BCUT2D eigenvalue weighted by atomic mass is 16.6. The molecule has 186 valence electrons. The Kier molecular flexibility index (Phi) is 10.6. The minimum atomic E-state index is -1.30. The van der Waals surface area contributed by atoms with E-state index in [2.05, 4.69) is 10.6 Å². The zero-order chi connectivity index (χ0) is 25.3. The van der Waals surface area contributed by atoms with Gasteiger partial charge in [-0.2, -0.15) is 0 Å². The van der Waals surface area contributed by atoms with E-state index in [-0.39, 0.29) is 11.7 Å². The monoisotopic (exact) mass is 465 g/mol. The predicted octanol–water partition coefficient (Wildman–Crippen LogP) is 2.78. The first-order valence-corrected chi connectivity index (χ1v) is 11.3. The molecule has 1 aromatic carbocycles. The summed E-state index contributed by atoms with van der Waals surface area (Å²) in [5, 5.41) is 25.1. The summed E-state index contributed by atoms with van der Waals surface area (Å²) in [5.74, 6) is -0.935. The number of carbonyl (C=O) groups excluding carboxylic acids is 3. The van der Waals surface area contributed by atoms with Gasteiger partial charge in [-0.3, -0.25) is 9.59 Å². The number of hydrogen-bond donors (Lipinski definition) is 4. The maximum absolute atomic E-state index is 13.5. The molecule has 0 aliphatic carbocycles. The van der Waals surface area contributed by atoms with Crippen molar-refractivity contribution in [3.8, 4) is 5.75 Å². The van der Waals surface area contributed by atoms with Crippen molar-refractivity contribution in [2.24, 2.45) is 0 Å². The minimum absolute atomic E-state index is 0.0751. The Hall–Kier alpha value is -2.81. The van der Waals surface area contributed by atoms with Gasteiger partial charge in [0.25, 0.3) is 0 Å². The van der Waals surface area contributed by atoms with Crippen molar-refractivity contribution in [2.45, 2.75) is 85.0 Å². The van der Waals surface area contributed by atoms with Gasteiger partial charge < -0.3 is 30.5 Å². The van der Waals surface area contributed by atoms with Crippen LogP contribution in [0.15, 0.2) is 18.2 Å². The van der Waals surface area contributed by atoms with Crippen LogP contribution in [0, 0.1) is 6.92 Å². The molecule has 0 radical (unpaired) electrons. The van der Waals surface area contributed by atoms with Crippen molar-refractivity contribution >= 4 is 17.9 Å². The van der Waals surface area contributed by atoms with E-state index in [0.29, 0.717) is 17.7 Å². The van der Waals surface area contributed by atoms with E-state index in [9.17, 15) is 24.6 Å². The summed E-state index contributed by atoms with van der Waals surface area (Å²) in [6.45, 7) is 12.0. The van der Waals surface area contributed by atoms with Crippen LogP contribution in [-0.4, -0.2) is 63.9 Å². The number of phenols is 1. The summed E-state index contributed by atoms with van der Waals surface area (Å²) in [6, 6.07) is 1.95. The van der Waals surface area contributed by atoms with Crippen molar-refractivity contribution in [3.05, 3.63) is 29.3 Å². The molecule has 0 aliphatic rings. The second kappa shape index (κ2) is 12.4. The summed E-state index contributed by atoms with van der Waals surface area (Å²) in [6.07, 6.45) is 0.827. The predicted molar refractivity (Wildman–Crippen MR) is 126 cm³/mol. The summed E-state index contributed by atoms with van der Waals surface area (Å²) >= 11 is 0. The number of hydrogen-bond acceptors (Lipinski definition) is 6. The normalized spacial score (nSPS) is 13.2. The molecule has 2 unspecified atom stereocenters. The molecule has 0 saturated heterocycles. The van der Waals surface area contributed by atoms with Gasteiger partial charge in [-0.15, -0.1) is 0 Å². The number of nitrogens with zero attached hydrogens (tertiary/aromatic N) is 1. The second-order valence-electron chi connectivity index (χ2n) is 9.31. The van der Waals surface area contributed by atoms with E-state index in [4.69, 9.17) is 4.74 Å². The number of benzene rings is 1. The highest BCUT2D eigenvalue weighted by Crippen LogP contribution is 2.28. The number of aryl methyl sites for hydroxylation is 1. The number of aliphatic hydroxyl groups is 1. The summed E-state index contributed by atoms with van der Waals surface area (Å²) < 4.78 is 5.21. The average molecular weight is 466 g/mol. The Bertz CT molecular complexity index is 819. The van der Waals surface area contributed by atoms with Gasteiger partial charge in [-0.05, 0) is 71.2 Å². The van der Waals surface area contributed by atoms with Crippen LogP contribution in [0.25, 0.3) is 0 Å². The van der Waals surface area contributed by atoms with Crippen LogP contribution in [-0.2, 0) is 14.3 Å². The summed E-state index contributed by atoms with van der Waals surface area (Å²) in [4.78, 5) is 40.3. The Morgan fingerprint density at radius 3 is 2.30 bits per heavy atom. The molecule has 0 saturated carbocycles. The smallest absolute Gasteiger partial charge is 0.408 e. The minimum Gasteiger partial charge on any atom is -0.508 e. The highest BCUT2D eigenvalue weighted by Gasteiger charge is 2.37. The molecule has 9 heteroatoms. The lowest BCUT2D eigenvalue weighted by Gasteiger charge is -2.37. The molecule has 3 amide bonds. The number of ether oxygens (including phenoxy) is 1. The zero-order valence-corrected chi connectivity index (χ0v) is 20.8. The maximum atomic E-state index is 13.5. The molecule has 1 rings (SSSR count). The molecule has 0 spiro atoms. The van der Waals surface area contributed by atoms with Crippen LogP contribution in [0.3, 0.4) is 0 Å². The fourth-order valence-electron chi connectivity index (χ4n) is 3.27. The van der Waals surface area contributed by atoms with Gasteiger partial charge >= 0.3 is 6.09 Å². The average Bonchev–Trinajstić information content (AvgIpc) is 2.70. The molecule has 4 N–H and O–H groups in total. The van der Waals surface area contributed by atoms with Crippen molar-refractivity contribution in [1.29, 1.82) is 0 Å². The summed E-state index contributed by atoms with van der Waals surface area (Å²) in [7, 11) is 0. The Morgan fingerprint density at radius 1 is 1.18 bits per heavy atom. The first-order valence-electron chi connectivity index (χ1n) is 11.3. The van der Waals surface area contributed by atoms with E-state index in [0.717, 1.165) is 12.8 Å². The van der Waals surface area contributed by atoms with Crippen molar-refractivity contribution in [1.82, 2.24) is 15.5 Å². The third-order valence-corrected chi connectivity index (χ3v) is 4.88. The number of carbonyl (C=O) groups is 3. The van der Waals surface area contributed by atoms with Gasteiger partial charge in [0.1, 0.15) is 23.4 Å². The molecule has 0 aliphatic heterocycles. The largest absolute Gasteiger partial charge is 0.508 e. The first-order chi connectivity index (χ1) is 15.3. The summed E-state index contributed by atoms with van der Waals surface area (Å²) in [5.41, 5.74) is 0.284. The SMILES string of the molecule is CCCCNC(=O)C(c1ccc(O)c(C)c1)N(C(=O)C(CO)NC(=O)OC(C)(C)C)C(C)C. The van der Waals surface area contributed by atoms with E-state index in [1.54, 1.807) is 53.7 Å². The molecule has 2 atom stereocenters. The van der Waals surface area contributed by atoms with Gasteiger partial charge in [0.15, 0.2) is 0 Å². The van der Waals surface area contributed by atoms with Gasteiger partial charge in [0, 0.05) is 12.6 Å². The van der Waals surface area contributed by atoms with Crippen molar-refractivity contribution in [3.63, 3.8) is 0 Å². The van der Waals surface area contributed by atoms with Crippen LogP contribution in [0.2, 0.25) is 0 Å². The van der Waals surface area contributed by atoms with Crippen molar-refractivity contribution < 1.29 is 29.3 Å². The number of nitrogens with one attached hydrogen (secondary N) is 2. The molecule has 1 aromatic rings. The van der Waals surface area contributed by atoms with Crippen LogP contribution >= 0.6 is 0 Å².